The van der Waals surface area contributed by atoms with Gasteiger partial charge in [0.15, 0.2) is 0 Å². The topological polar surface area (TPSA) is 29.9 Å². The zero-order chi connectivity index (χ0) is 13.3. The number of rotatable bonds is 3. The Morgan fingerprint density at radius 3 is 2.33 bits per heavy atom. The van der Waals surface area contributed by atoms with Crippen molar-refractivity contribution in [3.8, 4) is 0 Å². The molecule has 96 valence electrons. The molecule has 6 heteroatoms. The molecule has 0 saturated carbocycles. The van der Waals surface area contributed by atoms with Crippen LogP contribution in [0.3, 0.4) is 0 Å². The van der Waals surface area contributed by atoms with E-state index in [0.29, 0.717) is 0 Å². The summed E-state index contributed by atoms with van der Waals surface area (Å²) in [6.07, 6.45) is 3.75. The Bertz CT molecular complexity index is 542. The van der Waals surface area contributed by atoms with Gasteiger partial charge in [-0.05, 0) is 50.9 Å². The fourth-order valence-corrected chi connectivity index (χ4v) is 4.24. The van der Waals surface area contributed by atoms with Crippen LogP contribution in [0.25, 0.3) is 0 Å². The molecule has 0 aliphatic rings. The summed E-state index contributed by atoms with van der Waals surface area (Å²) in [5, 5.41) is 3.45. The van der Waals surface area contributed by atoms with Gasteiger partial charge in [-0.25, -0.2) is 4.98 Å². The van der Waals surface area contributed by atoms with Crippen LogP contribution in [0.5, 0.6) is 0 Å². The Morgan fingerprint density at radius 1 is 1.22 bits per heavy atom. The molecule has 2 rings (SSSR count). The highest BCUT2D eigenvalue weighted by atomic mass is 79.9. The molecule has 1 aromatic carbocycles. The summed E-state index contributed by atoms with van der Waals surface area (Å²) in [5.74, 6) is 0.997. The maximum absolute atomic E-state index is 4.35. The van der Waals surface area contributed by atoms with Crippen LogP contribution in [0.1, 0.15) is 18.8 Å². The van der Waals surface area contributed by atoms with Gasteiger partial charge < -0.3 is 9.88 Å². The summed E-state index contributed by atoms with van der Waals surface area (Å²) in [6.45, 7) is 2.09. The number of nitrogens with zero attached hydrogens (tertiary/aromatic N) is 2. The first kappa shape index (κ1) is 14.1. The van der Waals surface area contributed by atoms with Crippen molar-refractivity contribution in [2.75, 3.05) is 5.32 Å². The molecule has 0 aliphatic carbocycles. The number of aromatic nitrogens is 2. The number of hydrogen-bond donors (Lipinski definition) is 1. The minimum atomic E-state index is 0.124. The molecule has 0 spiro atoms. The largest absolute Gasteiger partial charge is 0.374 e. The van der Waals surface area contributed by atoms with Crippen molar-refractivity contribution < 1.29 is 0 Å². The molecule has 0 saturated heterocycles. The third-order valence-corrected chi connectivity index (χ3v) is 4.32. The molecule has 18 heavy (non-hydrogen) atoms. The standard InChI is InChI=1S/C12H12Br3N3/c1-7(12-16-3-4-18(12)2)17-11-9(14)5-8(13)6-10(11)15/h3-7,17H,1-2H3. The number of imidazole rings is 1. The van der Waals surface area contributed by atoms with Crippen molar-refractivity contribution in [2.45, 2.75) is 13.0 Å². The lowest BCUT2D eigenvalue weighted by Crippen LogP contribution is -2.12. The molecule has 0 radical (unpaired) electrons. The Hall–Kier alpha value is -0.330. The van der Waals surface area contributed by atoms with Gasteiger partial charge in [-0.3, -0.25) is 0 Å². The number of nitrogens with one attached hydrogen (secondary N) is 1. The van der Waals surface area contributed by atoms with E-state index in [1.54, 1.807) is 6.20 Å². The van der Waals surface area contributed by atoms with Gasteiger partial charge in [0.05, 0.1) is 11.7 Å². The summed E-state index contributed by atoms with van der Waals surface area (Å²) in [7, 11) is 1.99. The summed E-state index contributed by atoms with van der Waals surface area (Å²) >= 11 is 10.6. The van der Waals surface area contributed by atoms with Gasteiger partial charge >= 0.3 is 0 Å². The molecular formula is C12H12Br3N3. The van der Waals surface area contributed by atoms with Gasteiger partial charge in [0.25, 0.3) is 0 Å². The van der Waals surface area contributed by atoms with E-state index in [0.717, 1.165) is 24.9 Å². The van der Waals surface area contributed by atoms with Crippen LogP contribution in [0, 0.1) is 0 Å². The minimum Gasteiger partial charge on any atom is -0.374 e. The van der Waals surface area contributed by atoms with Crippen molar-refractivity contribution in [3.63, 3.8) is 0 Å². The lowest BCUT2D eigenvalue weighted by molar-refractivity contribution is 0.721. The maximum atomic E-state index is 4.35. The smallest absolute Gasteiger partial charge is 0.130 e. The van der Waals surface area contributed by atoms with Gasteiger partial charge in [0.2, 0.25) is 0 Å². The van der Waals surface area contributed by atoms with Gasteiger partial charge in [0, 0.05) is 32.9 Å². The quantitative estimate of drug-likeness (QED) is 0.741. The fourth-order valence-electron chi connectivity index (χ4n) is 1.76. The molecule has 1 unspecified atom stereocenters. The average molecular weight is 438 g/mol. The Labute approximate surface area is 131 Å². The molecule has 0 bridgehead atoms. The van der Waals surface area contributed by atoms with E-state index in [1.165, 1.54) is 0 Å². The van der Waals surface area contributed by atoms with E-state index >= 15 is 0 Å². The van der Waals surface area contributed by atoms with E-state index in [9.17, 15) is 0 Å². The van der Waals surface area contributed by atoms with E-state index in [2.05, 4.69) is 65.0 Å². The second-order valence-electron chi connectivity index (χ2n) is 4.01. The van der Waals surface area contributed by atoms with Gasteiger partial charge in [-0.2, -0.15) is 0 Å². The lowest BCUT2D eigenvalue weighted by atomic mass is 10.2. The zero-order valence-electron chi connectivity index (χ0n) is 9.92. The highest BCUT2D eigenvalue weighted by Crippen LogP contribution is 2.36. The summed E-state index contributed by atoms with van der Waals surface area (Å²) in [6, 6.07) is 4.15. The zero-order valence-corrected chi connectivity index (χ0v) is 14.7. The monoisotopic (exact) mass is 435 g/mol. The first-order valence-corrected chi connectivity index (χ1v) is 7.75. The van der Waals surface area contributed by atoms with Crippen LogP contribution >= 0.6 is 47.8 Å². The number of anilines is 1. The Balaban J connectivity index is 2.27. The third-order valence-electron chi connectivity index (χ3n) is 2.61. The summed E-state index contributed by atoms with van der Waals surface area (Å²) < 4.78 is 5.05. The predicted octanol–water partition coefficient (Wildman–Crippen LogP) is 4.88. The molecular weight excluding hydrogens is 426 g/mol. The van der Waals surface area contributed by atoms with Crippen molar-refractivity contribution in [3.05, 3.63) is 43.8 Å². The highest BCUT2D eigenvalue weighted by molar-refractivity contribution is 9.11. The summed E-state index contributed by atoms with van der Waals surface area (Å²) in [4.78, 5) is 4.35. The van der Waals surface area contributed by atoms with Gasteiger partial charge in [-0.15, -0.1) is 0 Å². The number of halogens is 3. The molecule has 3 nitrogen and oxygen atoms in total. The van der Waals surface area contributed by atoms with Crippen LogP contribution in [-0.2, 0) is 7.05 Å². The molecule has 0 fully saturated rings. The maximum Gasteiger partial charge on any atom is 0.130 e. The first-order chi connectivity index (χ1) is 8.49. The van der Waals surface area contributed by atoms with Crippen LogP contribution in [-0.4, -0.2) is 9.55 Å². The van der Waals surface area contributed by atoms with Crippen molar-refractivity contribution in [2.24, 2.45) is 7.05 Å². The Kier molecular flexibility index (Phi) is 4.50. The highest BCUT2D eigenvalue weighted by Gasteiger charge is 2.14. The number of aryl methyl sites for hydroxylation is 1. The minimum absolute atomic E-state index is 0.124. The molecule has 0 amide bonds. The SMILES string of the molecule is CC(Nc1c(Br)cc(Br)cc1Br)c1nccn1C. The van der Waals surface area contributed by atoms with E-state index < -0.39 is 0 Å². The summed E-state index contributed by atoms with van der Waals surface area (Å²) in [5.41, 5.74) is 1.02. The molecule has 1 aromatic heterocycles. The van der Waals surface area contributed by atoms with E-state index in [4.69, 9.17) is 0 Å². The second kappa shape index (κ2) is 5.75. The van der Waals surface area contributed by atoms with E-state index in [-0.39, 0.29) is 6.04 Å². The number of benzene rings is 1. The van der Waals surface area contributed by atoms with Crippen LogP contribution in [0.2, 0.25) is 0 Å². The molecule has 1 atom stereocenters. The second-order valence-corrected chi connectivity index (χ2v) is 6.63. The number of hydrogen-bond acceptors (Lipinski definition) is 2. The normalized spacial score (nSPS) is 12.5. The average Bonchev–Trinajstić information content (AvgIpc) is 2.69. The lowest BCUT2D eigenvalue weighted by Gasteiger charge is -2.18. The van der Waals surface area contributed by atoms with Crippen LogP contribution < -0.4 is 5.32 Å². The molecule has 2 aromatic rings. The third kappa shape index (κ3) is 2.97. The van der Waals surface area contributed by atoms with Crippen LogP contribution in [0.4, 0.5) is 5.69 Å². The molecule has 1 N–H and O–H groups in total. The van der Waals surface area contributed by atoms with Gasteiger partial charge in [0.1, 0.15) is 5.82 Å². The van der Waals surface area contributed by atoms with Crippen molar-refractivity contribution in [1.29, 1.82) is 0 Å². The Morgan fingerprint density at radius 2 is 1.83 bits per heavy atom. The van der Waals surface area contributed by atoms with Crippen molar-refractivity contribution in [1.82, 2.24) is 9.55 Å². The van der Waals surface area contributed by atoms with E-state index in [1.807, 2.05) is 29.9 Å². The fraction of sp³-hybridized carbons (Fsp3) is 0.250. The first-order valence-electron chi connectivity index (χ1n) is 5.37. The molecule has 1 heterocycles. The van der Waals surface area contributed by atoms with Crippen LogP contribution in [0.15, 0.2) is 37.9 Å². The van der Waals surface area contributed by atoms with Gasteiger partial charge in [-0.1, -0.05) is 15.9 Å². The predicted molar refractivity (Wildman–Crippen MR) is 84.8 cm³/mol. The van der Waals surface area contributed by atoms with Crippen molar-refractivity contribution >= 4 is 53.5 Å². The molecule has 0 aliphatic heterocycles.